The van der Waals surface area contributed by atoms with Gasteiger partial charge in [-0.25, -0.2) is 0 Å². The van der Waals surface area contributed by atoms with Crippen LogP contribution in [0.1, 0.15) is 52.4 Å². The lowest BCUT2D eigenvalue weighted by Gasteiger charge is -2.41. The van der Waals surface area contributed by atoms with E-state index in [4.69, 9.17) is 4.74 Å². The Bertz CT molecular complexity index is 219. The number of nitrogens with one attached hydrogen (secondary N) is 1. The molecular formula is C15H31NO2. The quantitative estimate of drug-likeness (QED) is 0.657. The fourth-order valence-electron chi connectivity index (χ4n) is 3.34. The van der Waals surface area contributed by atoms with Gasteiger partial charge in [0.05, 0.1) is 12.2 Å². The Labute approximate surface area is 112 Å². The van der Waals surface area contributed by atoms with Crippen molar-refractivity contribution in [2.45, 2.75) is 58.0 Å². The molecule has 0 aliphatic heterocycles. The minimum atomic E-state index is -0.513. The first-order chi connectivity index (χ1) is 8.61. The van der Waals surface area contributed by atoms with Gasteiger partial charge in [0.1, 0.15) is 0 Å². The Morgan fingerprint density at radius 1 is 1.28 bits per heavy atom. The van der Waals surface area contributed by atoms with E-state index in [2.05, 4.69) is 12.2 Å². The van der Waals surface area contributed by atoms with Gasteiger partial charge in [-0.2, -0.15) is 0 Å². The maximum absolute atomic E-state index is 10.7. The topological polar surface area (TPSA) is 41.5 Å². The SMILES string of the molecule is CCC1CCCCC1C(C)(O)CCNCCOC. The second-order valence-electron chi connectivity index (χ2n) is 5.91. The highest BCUT2D eigenvalue weighted by molar-refractivity contribution is 4.89. The van der Waals surface area contributed by atoms with Crippen molar-refractivity contribution in [2.24, 2.45) is 11.8 Å². The van der Waals surface area contributed by atoms with Crippen LogP contribution in [0.4, 0.5) is 0 Å². The van der Waals surface area contributed by atoms with E-state index in [0.29, 0.717) is 11.8 Å². The molecule has 0 saturated heterocycles. The number of hydrogen-bond acceptors (Lipinski definition) is 3. The van der Waals surface area contributed by atoms with Crippen molar-refractivity contribution in [3.05, 3.63) is 0 Å². The van der Waals surface area contributed by atoms with Crippen molar-refractivity contribution in [3.63, 3.8) is 0 Å². The molecule has 0 spiro atoms. The van der Waals surface area contributed by atoms with Gasteiger partial charge in [0, 0.05) is 13.7 Å². The lowest BCUT2D eigenvalue weighted by Crippen LogP contribution is -2.43. The van der Waals surface area contributed by atoms with Crippen LogP contribution in [0.3, 0.4) is 0 Å². The lowest BCUT2D eigenvalue weighted by atomic mass is 9.68. The molecule has 108 valence electrons. The second-order valence-corrected chi connectivity index (χ2v) is 5.91. The van der Waals surface area contributed by atoms with Crippen molar-refractivity contribution < 1.29 is 9.84 Å². The molecule has 0 aromatic rings. The standard InChI is InChI=1S/C15H31NO2/c1-4-13-7-5-6-8-14(13)15(2,17)9-10-16-11-12-18-3/h13-14,16-17H,4-12H2,1-3H3. The molecule has 3 unspecified atom stereocenters. The summed E-state index contributed by atoms with van der Waals surface area (Å²) in [4.78, 5) is 0. The minimum Gasteiger partial charge on any atom is -0.390 e. The predicted octanol–water partition coefficient (Wildman–Crippen LogP) is 2.58. The summed E-state index contributed by atoms with van der Waals surface area (Å²) >= 11 is 0. The maximum atomic E-state index is 10.7. The number of hydrogen-bond donors (Lipinski definition) is 2. The molecule has 2 N–H and O–H groups in total. The zero-order valence-corrected chi connectivity index (χ0v) is 12.4. The van der Waals surface area contributed by atoms with E-state index in [9.17, 15) is 5.11 Å². The fourth-order valence-corrected chi connectivity index (χ4v) is 3.34. The van der Waals surface area contributed by atoms with Crippen molar-refractivity contribution in [3.8, 4) is 0 Å². The molecule has 1 aliphatic rings. The molecule has 1 saturated carbocycles. The Morgan fingerprint density at radius 2 is 2.00 bits per heavy atom. The highest BCUT2D eigenvalue weighted by Crippen LogP contribution is 2.40. The summed E-state index contributed by atoms with van der Waals surface area (Å²) in [6, 6.07) is 0. The molecule has 1 fully saturated rings. The Hall–Kier alpha value is -0.120. The monoisotopic (exact) mass is 257 g/mol. The van der Waals surface area contributed by atoms with Crippen LogP contribution in [0.5, 0.6) is 0 Å². The van der Waals surface area contributed by atoms with E-state index in [-0.39, 0.29) is 0 Å². The molecular weight excluding hydrogens is 226 g/mol. The number of rotatable bonds is 8. The maximum Gasteiger partial charge on any atom is 0.0662 e. The van der Waals surface area contributed by atoms with Crippen LogP contribution >= 0.6 is 0 Å². The summed E-state index contributed by atoms with van der Waals surface area (Å²) in [7, 11) is 1.71. The van der Waals surface area contributed by atoms with Crippen molar-refractivity contribution >= 4 is 0 Å². The minimum absolute atomic E-state index is 0.487. The van der Waals surface area contributed by atoms with Crippen LogP contribution in [0.25, 0.3) is 0 Å². The molecule has 0 amide bonds. The molecule has 3 nitrogen and oxygen atoms in total. The molecule has 0 bridgehead atoms. The van der Waals surface area contributed by atoms with Crippen LogP contribution < -0.4 is 5.32 Å². The van der Waals surface area contributed by atoms with Crippen LogP contribution in [-0.2, 0) is 4.74 Å². The second kappa shape index (κ2) is 8.13. The molecule has 1 rings (SSSR count). The lowest BCUT2D eigenvalue weighted by molar-refractivity contribution is -0.0491. The first-order valence-corrected chi connectivity index (χ1v) is 7.54. The zero-order valence-electron chi connectivity index (χ0n) is 12.4. The van der Waals surface area contributed by atoms with Gasteiger partial charge in [-0.3, -0.25) is 0 Å². The average Bonchev–Trinajstić information content (AvgIpc) is 2.38. The summed E-state index contributed by atoms with van der Waals surface area (Å²) in [6.45, 7) is 6.78. The van der Waals surface area contributed by atoms with E-state index in [1.165, 1.54) is 32.1 Å². The predicted molar refractivity (Wildman–Crippen MR) is 75.7 cm³/mol. The highest BCUT2D eigenvalue weighted by Gasteiger charge is 2.37. The number of methoxy groups -OCH3 is 1. The Morgan fingerprint density at radius 3 is 2.67 bits per heavy atom. The summed E-state index contributed by atoms with van der Waals surface area (Å²) in [5, 5.41) is 14.1. The average molecular weight is 257 g/mol. The molecule has 3 atom stereocenters. The van der Waals surface area contributed by atoms with E-state index in [1.54, 1.807) is 7.11 Å². The van der Waals surface area contributed by atoms with Gasteiger partial charge >= 0.3 is 0 Å². The van der Waals surface area contributed by atoms with Crippen molar-refractivity contribution in [2.75, 3.05) is 26.8 Å². The van der Waals surface area contributed by atoms with E-state index < -0.39 is 5.60 Å². The molecule has 18 heavy (non-hydrogen) atoms. The molecule has 0 heterocycles. The van der Waals surface area contributed by atoms with E-state index >= 15 is 0 Å². The summed E-state index contributed by atoms with van der Waals surface area (Å²) in [6.07, 6.45) is 7.18. The van der Waals surface area contributed by atoms with Crippen molar-refractivity contribution in [1.82, 2.24) is 5.32 Å². The third kappa shape index (κ3) is 4.87. The van der Waals surface area contributed by atoms with Crippen LogP contribution in [0.15, 0.2) is 0 Å². The molecule has 3 heteroatoms. The zero-order chi connectivity index (χ0) is 13.4. The molecule has 0 aromatic heterocycles. The molecule has 0 radical (unpaired) electrons. The number of ether oxygens (including phenoxy) is 1. The Kier molecular flexibility index (Phi) is 7.20. The third-order valence-corrected chi connectivity index (χ3v) is 4.52. The normalized spacial score (nSPS) is 28.0. The fraction of sp³-hybridized carbons (Fsp3) is 1.00. The smallest absolute Gasteiger partial charge is 0.0662 e. The van der Waals surface area contributed by atoms with Crippen LogP contribution in [0.2, 0.25) is 0 Å². The van der Waals surface area contributed by atoms with Gasteiger partial charge in [-0.15, -0.1) is 0 Å². The molecule has 0 aromatic carbocycles. The summed E-state index contributed by atoms with van der Waals surface area (Å²) in [5.74, 6) is 1.20. The largest absolute Gasteiger partial charge is 0.390 e. The highest BCUT2D eigenvalue weighted by atomic mass is 16.5. The van der Waals surface area contributed by atoms with Gasteiger partial charge in [0.25, 0.3) is 0 Å². The van der Waals surface area contributed by atoms with Crippen molar-refractivity contribution in [1.29, 1.82) is 0 Å². The van der Waals surface area contributed by atoms with E-state index in [0.717, 1.165) is 26.1 Å². The van der Waals surface area contributed by atoms with Gasteiger partial charge in [0.15, 0.2) is 0 Å². The first-order valence-electron chi connectivity index (χ1n) is 7.54. The van der Waals surface area contributed by atoms with Gasteiger partial charge in [0.2, 0.25) is 0 Å². The molecule has 1 aliphatic carbocycles. The van der Waals surface area contributed by atoms with E-state index in [1.807, 2.05) is 6.92 Å². The Balaban J connectivity index is 2.35. The van der Waals surface area contributed by atoms with Gasteiger partial charge < -0.3 is 15.2 Å². The summed E-state index contributed by atoms with van der Waals surface area (Å²) < 4.78 is 5.00. The van der Waals surface area contributed by atoms with Gasteiger partial charge in [-0.1, -0.05) is 32.6 Å². The summed E-state index contributed by atoms with van der Waals surface area (Å²) in [5.41, 5.74) is -0.513. The first kappa shape index (κ1) is 15.9. The van der Waals surface area contributed by atoms with Gasteiger partial charge in [-0.05, 0) is 38.1 Å². The van der Waals surface area contributed by atoms with Crippen LogP contribution in [0, 0.1) is 11.8 Å². The van der Waals surface area contributed by atoms with Crippen LogP contribution in [-0.4, -0.2) is 37.5 Å². The number of aliphatic hydroxyl groups is 1. The third-order valence-electron chi connectivity index (χ3n) is 4.52.